The highest BCUT2D eigenvalue weighted by Gasteiger charge is 2.40. The van der Waals surface area contributed by atoms with Gasteiger partial charge in [0.15, 0.2) is 17.3 Å². The number of rotatable bonds is 4. The first-order valence-corrected chi connectivity index (χ1v) is 10.7. The fourth-order valence-corrected chi connectivity index (χ4v) is 4.66. The van der Waals surface area contributed by atoms with E-state index in [9.17, 15) is 13.9 Å². The molecule has 2 fully saturated rings. The van der Waals surface area contributed by atoms with Crippen LogP contribution in [0.5, 0.6) is 0 Å². The number of benzene rings is 1. The summed E-state index contributed by atoms with van der Waals surface area (Å²) >= 11 is 0. The molecular weight excluding hydrogens is 416 g/mol. The first-order chi connectivity index (χ1) is 15.5. The van der Waals surface area contributed by atoms with Gasteiger partial charge in [-0.3, -0.25) is 0 Å². The van der Waals surface area contributed by atoms with Crippen LogP contribution in [-0.2, 0) is 5.60 Å². The van der Waals surface area contributed by atoms with Crippen molar-refractivity contribution >= 4 is 11.5 Å². The van der Waals surface area contributed by atoms with E-state index in [0.29, 0.717) is 60.0 Å². The third-order valence-electron chi connectivity index (χ3n) is 6.58. The summed E-state index contributed by atoms with van der Waals surface area (Å²) in [5, 5.41) is 23.2. The largest absolute Gasteiger partial charge is 0.382 e. The second-order valence-electron chi connectivity index (χ2n) is 8.54. The molecule has 1 saturated carbocycles. The minimum Gasteiger partial charge on any atom is -0.382 e. The van der Waals surface area contributed by atoms with Crippen molar-refractivity contribution in [3.8, 4) is 11.4 Å². The maximum Gasteiger partial charge on any atom is 0.168 e. The number of aromatic nitrogens is 6. The zero-order valence-electron chi connectivity index (χ0n) is 17.2. The Bertz CT molecular complexity index is 1310. The molecule has 4 heterocycles. The molecule has 2 aliphatic rings. The quantitative estimate of drug-likeness (QED) is 0.507. The molecule has 3 aromatic heterocycles. The number of fused-ring (bicyclic) bond motifs is 1. The van der Waals surface area contributed by atoms with Crippen LogP contribution in [0.1, 0.15) is 49.5 Å². The maximum atomic E-state index is 14.5. The van der Waals surface area contributed by atoms with Crippen LogP contribution in [0.25, 0.3) is 17.0 Å². The first-order valence-electron chi connectivity index (χ1n) is 10.7. The molecule has 32 heavy (non-hydrogen) atoms. The number of hydrogen-bond acceptors (Lipinski definition) is 6. The molecular formula is C22H21F2N7O. The Morgan fingerprint density at radius 3 is 2.81 bits per heavy atom. The summed E-state index contributed by atoms with van der Waals surface area (Å²) in [6.07, 6.45) is 7.27. The lowest BCUT2D eigenvalue weighted by Crippen LogP contribution is -2.34. The van der Waals surface area contributed by atoms with Crippen molar-refractivity contribution in [2.75, 3.05) is 11.4 Å². The number of H-pyrrole nitrogens is 1. The fourth-order valence-electron chi connectivity index (χ4n) is 4.66. The molecule has 1 aliphatic carbocycles. The van der Waals surface area contributed by atoms with Crippen molar-refractivity contribution in [3.63, 3.8) is 0 Å². The van der Waals surface area contributed by atoms with Crippen LogP contribution in [0, 0.1) is 11.6 Å². The number of nitrogens with one attached hydrogen (secondary N) is 1. The van der Waals surface area contributed by atoms with Gasteiger partial charge in [0.25, 0.3) is 0 Å². The molecule has 0 unspecified atom stereocenters. The molecule has 164 valence electrons. The summed E-state index contributed by atoms with van der Waals surface area (Å²) in [7, 11) is 0. The van der Waals surface area contributed by atoms with Gasteiger partial charge in [-0.05, 0) is 56.4 Å². The van der Waals surface area contributed by atoms with E-state index in [4.69, 9.17) is 4.98 Å². The molecule has 2 N–H and O–H groups in total. The second kappa shape index (κ2) is 7.06. The van der Waals surface area contributed by atoms with E-state index in [1.165, 1.54) is 12.1 Å². The minimum atomic E-state index is -0.940. The smallest absolute Gasteiger partial charge is 0.168 e. The zero-order chi connectivity index (χ0) is 21.9. The fraction of sp³-hybridized carbons (Fsp3) is 0.364. The Balaban J connectivity index is 1.38. The van der Waals surface area contributed by atoms with Gasteiger partial charge in [0.2, 0.25) is 0 Å². The Kier molecular flexibility index (Phi) is 4.26. The second-order valence-corrected chi connectivity index (χ2v) is 8.54. The molecule has 1 aromatic carbocycles. The van der Waals surface area contributed by atoms with E-state index >= 15 is 0 Å². The van der Waals surface area contributed by atoms with Gasteiger partial charge in [0.1, 0.15) is 23.1 Å². The van der Waals surface area contributed by atoms with Crippen LogP contribution >= 0.6 is 0 Å². The molecule has 8 nitrogen and oxygen atoms in total. The third-order valence-corrected chi connectivity index (χ3v) is 6.58. The van der Waals surface area contributed by atoms with Crippen LogP contribution in [0.15, 0.2) is 36.7 Å². The van der Waals surface area contributed by atoms with Crippen LogP contribution in [0.2, 0.25) is 0 Å². The molecule has 0 amide bonds. The first kappa shape index (κ1) is 19.3. The Hall–Kier alpha value is -3.40. The minimum absolute atomic E-state index is 0.295. The number of aliphatic hydroxyl groups is 1. The lowest BCUT2D eigenvalue weighted by atomic mass is 9.80. The summed E-state index contributed by atoms with van der Waals surface area (Å²) in [6, 6.07) is 5.10. The van der Waals surface area contributed by atoms with Gasteiger partial charge in [0, 0.05) is 18.3 Å². The molecule has 1 atom stereocenters. The summed E-state index contributed by atoms with van der Waals surface area (Å²) in [5.41, 5.74) is 0.619. The summed E-state index contributed by atoms with van der Waals surface area (Å²) < 4.78 is 29.9. The van der Waals surface area contributed by atoms with Crippen LogP contribution in [0.3, 0.4) is 0 Å². The summed E-state index contributed by atoms with van der Waals surface area (Å²) in [6.45, 7) is 0.687. The van der Waals surface area contributed by atoms with Gasteiger partial charge in [0.05, 0.1) is 17.8 Å². The van der Waals surface area contributed by atoms with Crippen molar-refractivity contribution in [3.05, 3.63) is 59.7 Å². The van der Waals surface area contributed by atoms with Gasteiger partial charge in [-0.25, -0.2) is 18.3 Å². The lowest BCUT2D eigenvalue weighted by Gasteiger charge is -2.33. The average molecular weight is 437 g/mol. The lowest BCUT2D eigenvalue weighted by molar-refractivity contribution is -0.0463. The van der Waals surface area contributed by atoms with Crippen LogP contribution < -0.4 is 4.90 Å². The summed E-state index contributed by atoms with van der Waals surface area (Å²) in [4.78, 5) is 9.90. The van der Waals surface area contributed by atoms with E-state index in [1.54, 1.807) is 16.9 Å². The topological polar surface area (TPSA) is 95.2 Å². The van der Waals surface area contributed by atoms with Crippen molar-refractivity contribution in [1.29, 1.82) is 0 Å². The molecule has 0 spiro atoms. The third kappa shape index (κ3) is 2.97. The van der Waals surface area contributed by atoms with Gasteiger partial charge in [-0.1, -0.05) is 0 Å². The van der Waals surface area contributed by atoms with Crippen molar-refractivity contribution in [2.24, 2.45) is 0 Å². The monoisotopic (exact) mass is 437 g/mol. The number of aromatic amines is 1. The molecule has 6 rings (SSSR count). The van der Waals surface area contributed by atoms with E-state index in [2.05, 4.69) is 20.3 Å². The highest BCUT2D eigenvalue weighted by atomic mass is 19.1. The number of hydrogen-bond donors (Lipinski definition) is 2. The highest BCUT2D eigenvalue weighted by Crippen LogP contribution is 2.40. The van der Waals surface area contributed by atoms with E-state index in [0.717, 1.165) is 18.9 Å². The summed E-state index contributed by atoms with van der Waals surface area (Å²) in [5.74, 6) is 0.717. The van der Waals surface area contributed by atoms with Crippen molar-refractivity contribution in [2.45, 2.75) is 43.7 Å². The molecule has 10 heteroatoms. The highest BCUT2D eigenvalue weighted by molar-refractivity contribution is 5.73. The van der Waals surface area contributed by atoms with Gasteiger partial charge >= 0.3 is 0 Å². The molecule has 0 bridgehead atoms. The van der Waals surface area contributed by atoms with E-state index < -0.39 is 17.2 Å². The molecule has 1 aliphatic heterocycles. The Morgan fingerprint density at radius 2 is 2.00 bits per heavy atom. The maximum absolute atomic E-state index is 14.5. The Morgan fingerprint density at radius 1 is 1.12 bits per heavy atom. The number of anilines is 1. The van der Waals surface area contributed by atoms with E-state index in [-0.39, 0.29) is 6.04 Å². The zero-order valence-corrected chi connectivity index (χ0v) is 17.2. The predicted molar refractivity (Wildman–Crippen MR) is 112 cm³/mol. The van der Waals surface area contributed by atoms with Gasteiger partial charge in [-0.15, -0.1) is 10.2 Å². The average Bonchev–Trinajstić information content (AvgIpc) is 3.52. The normalized spacial score (nSPS) is 20.1. The predicted octanol–water partition coefficient (Wildman–Crippen LogP) is 3.51. The van der Waals surface area contributed by atoms with Crippen LogP contribution in [-0.4, -0.2) is 41.4 Å². The number of nitrogens with zero attached hydrogens (tertiary/aromatic N) is 6. The standard InChI is InChI=1S/C22H21F2N7O/c23-13-4-5-16(24)14(11-13)17-3-1-9-30(17)18-6-10-31-20(26-18)15(12-25-31)19-27-21(29-28-19)22(32)7-2-8-22/h4-6,10-12,17,32H,1-3,7-9H2,(H,27,28,29)/t17-/m1/s1. The van der Waals surface area contributed by atoms with Crippen molar-refractivity contribution in [1.82, 2.24) is 29.8 Å². The molecule has 4 aromatic rings. The SMILES string of the molecule is OC1(c2nnc(-c3cnn4ccc(N5CCC[C@@H]5c5cc(F)ccc5F)nc34)[nH]2)CCC1. The van der Waals surface area contributed by atoms with Gasteiger partial charge < -0.3 is 15.0 Å². The van der Waals surface area contributed by atoms with Crippen molar-refractivity contribution < 1.29 is 13.9 Å². The van der Waals surface area contributed by atoms with Gasteiger partial charge in [-0.2, -0.15) is 5.10 Å². The molecule has 1 saturated heterocycles. The Labute approximate surface area is 181 Å². The van der Waals surface area contributed by atoms with Crippen LogP contribution in [0.4, 0.5) is 14.6 Å². The van der Waals surface area contributed by atoms with E-state index in [1.807, 2.05) is 11.0 Å². The molecule has 0 radical (unpaired) electrons. The number of halogens is 2.